The summed E-state index contributed by atoms with van der Waals surface area (Å²) in [5.74, 6) is 0.200. The van der Waals surface area contributed by atoms with Gasteiger partial charge < -0.3 is 4.90 Å². The Morgan fingerprint density at radius 3 is 2.50 bits per heavy atom. The zero-order valence-corrected chi connectivity index (χ0v) is 14.6. The number of carbonyl (C=O) groups is 1. The lowest BCUT2D eigenvalue weighted by Crippen LogP contribution is -2.43. The normalized spacial score (nSPS) is 19.9. The first-order valence-corrected chi connectivity index (χ1v) is 8.28. The molecule has 22 heavy (non-hydrogen) atoms. The molecule has 1 fully saturated rings. The molecule has 3 rings (SSSR count). The van der Waals surface area contributed by atoms with Gasteiger partial charge in [0.2, 0.25) is 5.91 Å². The largest absolute Gasteiger partial charge is 0.348 e. The van der Waals surface area contributed by atoms with Crippen LogP contribution in [0.4, 0.5) is 0 Å². The Bertz CT molecular complexity index is 594. The number of benzene rings is 1. The van der Waals surface area contributed by atoms with Crippen LogP contribution in [0, 0.1) is 0 Å². The fourth-order valence-corrected chi connectivity index (χ4v) is 3.54. The molecule has 2 aliphatic rings. The van der Waals surface area contributed by atoms with E-state index in [1.165, 1.54) is 29.5 Å². The molecule has 120 valence electrons. The first-order chi connectivity index (χ1) is 10.2. The van der Waals surface area contributed by atoms with E-state index in [-0.39, 0.29) is 11.3 Å². The molecule has 0 bridgehead atoms. The van der Waals surface area contributed by atoms with E-state index in [4.69, 9.17) is 0 Å². The van der Waals surface area contributed by atoms with Gasteiger partial charge in [-0.1, -0.05) is 39.0 Å². The van der Waals surface area contributed by atoms with Gasteiger partial charge in [0, 0.05) is 32.6 Å². The van der Waals surface area contributed by atoms with Crippen molar-refractivity contribution in [3.05, 3.63) is 34.9 Å². The second-order valence-electron chi connectivity index (χ2n) is 8.34. The van der Waals surface area contributed by atoms with Crippen molar-refractivity contribution in [2.24, 2.45) is 0 Å². The van der Waals surface area contributed by atoms with Crippen molar-refractivity contribution in [3.63, 3.8) is 0 Å². The molecule has 1 aromatic rings. The summed E-state index contributed by atoms with van der Waals surface area (Å²) >= 11 is 0. The van der Waals surface area contributed by atoms with Gasteiger partial charge in [0.15, 0.2) is 0 Å². The molecule has 3 nitrogen and oxygen atoms in total. The molecule has 1 aliphatic carbocycles. The quantitative estimate of drug-likeness (QED) is 0.838. The maximum Gasteiger partial charge on any atom is 0.236 e. The van der Waals surface area contributed by atoms with Gasteiger partial charge in [0.05, 0.1) is 6.54 Å². The number of hydrogen-bond acceptors (Lipinski definition) is 2. The molecule has 1 aromatic carbocycles. The van der Waals surface area contributed by atoms with Gasteiger partial charge in [-0.15, -0.1) is 0 Å². The Labute approximate surface area is 134 Å². The third-order valence-electron chi connectivity index (χ3n) is 5.17. The predicted octanol–water partition coefficient (Wildman–Crippen LogP) is 2.92. The summed E-state index contributed by atoms with van der Waals surface area (Å²) in [7, 11) is 3.68. The van der Waals surface area contributed by atoms with E-state index in [0.717, 1.165) is 13.1 Å². The molecule has 0 N–H and O–H groups in total. The highest BCUT2D eigenvalue weighted by molar-refractivity contribution is 5.77. The van der Waals surface area contributed by atoms with Crippen LogP contribution in [0.1, 0.15) is 50.3 Å². The van der Waals surface area contributed by atoms with E-state index in [9.17, 15) is 4.79 Å². The first kappa shape index (κ1) is 15.5. The van der Waals surface area contributed by atoms with Crippen molar-refractivity contribution in [2.75, 3.05) is 27.2 Å². The fourth-order valence-electron chi connectivity index (χ4n) is 3.54. The van der Waals surface area contributed by atoms with Gasteiger partial charge in [0.25, 0.3) is 0 Å². The summed E-state index contributed by atoms with van der Waals surface area (Å²) in [6.07, 6.45) is 2.53. The molecule has 0 radical (unpaired) electrons. The maximum atomic E-state index is 12.1. The highest BCUT2D eigenvalue weighted by atomic mass is 16.2. The number of likely N-dealkylation sites (N-methyl/N-ethyl adjacent to an activating group) is 1. The first-order valence-electron chi connectivity index (χ1n) is 8.28. The highest BCUT2D eigenvalue weighted by Gasteiger charge is 2.49. The summed E-state index contributed by atoms with van der Waals surface area (Å²) in [5, 5.41) is 0. The lowest BCUT2D eigenvalue weighted by Gasteiger charge is -2.36. The Hall–Kier alpha value is -1.35. The molecule has 0 atom stereocenters. The topological polar surface area (TPSA) is 23.6 Å². The molecule has 0 saturated heterocycles. The standard InChI is InChI=1S/C19H28N2O/c1-18(2,3)15-6-7-16-14(10-15)11-21(12-17(22)20(4)5)13-19(16)8-9-19/h6-7,10H,8-9,11-13H2,1-5H3. The number of rotatable bonds is 2. The van der Waals surface area contributed by atoms with Crippen LogP contribution < -0.4 is 0 Å². The number of fused-ring (bicyclic) bond motifs is 2. The van der Waals surface area contributed by atoms with Crippen LogP contribution in [-0.4, -0.2) is 42.9 Å². The van der Waals surface area contributed by atoms with Crippen LogP contribution in [0.3, 0.4) is 0 Å². The van der Waals surface area contributed by atoms with Crippen molar-refractivity contribution in [2.45, 2.75) is 51.0 Å². The van der Waals surface area contributed by atoms with Gasteiger partial charge in [-0.25, -0.2) is 0 Å². The number of nitrogens with zero attached hydrogens (tertiary/aromatic N) is 2. The molecule has 1 spiro atoms. The van der Waals surface area contributed by atoms with Crippen LogP contribution in [0.2, 0.25) is 0 Å². The third kappa shape index (κ3) is 2.79. The van der Waals surface area contributed by atoms with E-state index in [1.54, 1.807) is 4.90 Å². The Morgan fingerprint density at radius 1 is 1.27 bits per heavy atom. The molecular formula is C19H28N2O. The Morgan fingerprint density at radius 2 is 1.95 bits per heavy atom. The SMILES string of the molecule is CN(C)C(=O)CN1Cc2cc(C(C)(C)C)ccc2C2(CC2)C1. The number of hydrogen-bond donors (Lipinski definition) is 0. The Kier molecular flexibility index (Phi) is 3.59. The molecule has 0 aromatic heterocycles. The van der Waals surface area contributed by atoms with E-state index in [0.29, 0.717) is 12.0 Å². The molecule has 0 unspecified atom stereocenters. The molecule has 1 heterocycles. The molecule has 1 amide bonds. The number of carbonyl (C=O) groups excluding carboxylic acids is 1. The van der Waals surface area contributed by atoms with Gasteiger partial charge in [-0.2, -0.15) is 0 Å². The summed E-state index contributed by atoms with van der Waals surface area (Å²) < 4.78 is 0. The molecular weight excluding hydrogens is 272 g/mol. The van der Waals surface area contributed by atoms with E-state index >= 15 is 0 Å². The smallest absolute Gasteiger partial charge is 0.236 e. The van der Waals surface area contributed by atoms with Crippen molar-refractivity contribution in [1.29, 1.82) is 0 Å². The average molecular weight is 300 g/mol. The summed E-state index contributed by atoms with van der Waals surface area (Å²) in [5.41, 5.74) is 4.86. The molecule has 3 heteroatoms. The summed E-state index contributed by atoms with van der Waals surface area (Å²) in [6, 6.07) is 7.04. The predicted molar refractivity (Wildman–Crippen MR) is 90.0 cm³/mol. The minimum Gasteiger partial charge on any atom is -0.348 e. The summed E-state index contributed by atoms with van der Waals surface area (Å²) in [6.45, 7) is 9.26. The summed E-state index contributed by atoms with van der Waals surface area (Å²) in [4.78, 5) is 16.1. The van der Waals surface area contributed by atoms with Crippen molar-refractivity contribution in [1.82, 2.24) is 9.80 Å². The minimum absolute atomic E-state index is 0.174. The van der Waals surface area contributed by atoms with Gasteiger partial charge >= 0.3 is 0 Å². The monoisotopic (exact) mass is 300 g/mol. The third-order valence-corrected chi connectivity index (χ3v) is 5.17. The van der Waals surface area contributed by atoms with Crippen LogP contribution in [0.15, 0.2) is 18.2 Å². The fraction of sp³-hybridized carbons (Fsp3) is 0.632. The second-order valence-corrected chi connectivity index (χ2v) is 8.34. The van der Waals surface area contributed by atoms with Gasteiger partial charge in [-0.05, 0) is 34.9 Å². The van der Waals surface area contributed by atoms with Gasteiger partial charge in [-0.3, -0.25) is 9.69 Å². The average Bonchev–Trinajstić information content (AvgIpc) is 3.17. The van der Waals surface area contributed by atoms with Crippen molar-refractivity contribution in [3.8, 4) is 0 Å². The molecule has 1 saturated carbocycles. The van der Waals surface area contributed by atoms with Crippen molar-refractivity contribution >= 4 is 5.91 Å². The zero-order chi connectivity index (χ0) is 16.1. The molecule has 1 aliphatic heterocycles. The zero-order valence-electron chi connectivity index (χ0n) is 14.6. The lowest BCUT2D eigenvalue weighted by atomic mass is 9.80. The highest BCUT2D eigenvalue weighted by Crippen LogP contribution is 2.52. The van der Waals surface area contributed by atoms with Crippen molar-refractivity contribution < 1.29 is 4.79 Å². The van der Waals surface area contributed by atoms with Crippen LogP contribution in [0.5, 0.6) is 0 Å². The number of amides is 1. The lowest BCUT2D eigenvalue weighted by molar-refractivity contribution is -0.130. The van der Waals surface area contributed by atoms with Crippen LogP contribution in [-0.2, 0) is 22.2 Å². The van der Waals surface area contributed by atoms with Gasteiger partial charge in [0.1, 0.15) is 0 Å². The minimum atomic E-state index is 0.174. The van der Waals surface area contributed by atoms with E-state index < -0.39 is 0 Å². The van der Waals surface area contributed by atoms with E-state index in [1.807, 2.05) is 14.1 Å². The second kappa shape index (κ2) is 5.09. The van der Waals surface area contributed by atoms with Crippen LogP contribution >= 0.6 is 0 Å². The maximum absolute atomic E-state index is 12.1. The van der Waals surface area contributed by atoms with Crippen LogP contribution in [0.25, 0.3) is 0 Å². The Balaban J connectivity index is 1.89. The van der Waals surface area contributed by atoms with E-state index in [2.05, 4.69) is 43.9 Å².